The number of anilines is 1. The molecule has 1 heterocycles. The number of aromatic nitrogens is 1. The third-order valence-corrected chi connectivity index (χ3v) is 3.86. The highest BCUT2D eigenvalue weighted by molar-refractivity contribution is 6.46. The van der Waals surface area contributed by atoms with E-state index < -0.39 is 17.5 Å². The molecule has 4 nitrogen and oxygen atoms in total. The lowest BCUT2D eigenvalue weighted by Crippen LogP contribution is -2.25. The maximum atomic E-state index is 13.6. The Kier molecular flexibility index (Phi) is 4.75. The lowest BCUT2D eigenvalue weighted by Gasteiger charge is -2.10. The van der Waals surface area contributed by atoms with E-state index in [1.165, 1.54) is 18.2 Å². The van der Waals surface area contributed by atoms with Gasteiger partial charge in [-0.2, -0.15) is 0 Å². The van der Waals surface area contributed by atoms with Gasteiger partial charge in [0.2, 0.25) is 0 Å². The number of amides is 1. The zero-order valence-electron chi connectivity index (χ0n) is 13.7. The fraction of sp³-hybridized carbons (Fsp3) is 0.100. The minimum Gasteiger partial charge on any atom is -0.340 e. The molecule has 0 radical (unpaired) electrons. The van der Waals surface area contributed by atoms with E-state index in [0.717, 1.165) is 11.1 Å². The third-order valence-electron chi connectivity index (χ3n) is 3.86. The van der Waals surface area contributed by atoms with Gasteiger partial charge in [0.15, 0.2) is 0 Å². The second-order valence-corrected chi connectivity index (χ2v) is 5.77. The minimum absolute atomic E-state index is 0.0162. The van der Waals surface area contributed by atoms with E-state index in [4.69, 9.17) is 0 Å². The van der Waals surface area contributed by atoms with Gasteiger partial charge in [-0.25, -0.2) is 4.39 Å². The van der Waals surface area contributed by atoms with Crippen LogP contribution in [0, 0.1) is 12.7 Å². The molecule has 5 heteroatoms. The summed E-state index contributed by atoms with van der Waals surface area (Å²) in [6.07, 6.45) is 1.74. The number of hydrogen-bond acceptors (Lipinski definition) is 2. The van der Waals surface area contributed by atoms with E-state index in [9.17, 15) is 14.0 Å². The first-order valence-corrected chi connectivity index (χ1v) is 7.85. The number of carbonyl (C=O) groups excluding carboxylic acids is 2. The molecule has 0 aliphatic heterocycles. The second-order valence-electron chi connectivity index (χ2n) is 5.77. The van der Waals surface area contributed by atoms with E-state index in [-0.39, 0.29) is 11.4 Å². The molecular formula is C20H17FN2O2. The molecule has 1 amide bonds. The van der Waals surface area contributed by atoms with Gasteiger partial charge in [-0.15, -0.1) is 0 Å². The van der Waals surface area contributed by atoms with Gasteiger partial charge in [0.25, 0.3) is 11.7 Å². The molecule has 0 spiro atoms. The fourth-order valence-electron chi connectivity index (χ4n) is 2.51. The topological polar surface area (TPSA) is 51.1 Å². The molecule has 126 valence electrons. The van der Waals surface area contributed by atoms with E-state index in [2.05, 4.69) is 5.32 Å². The predicted molar refractivity (Wildman–Crippen MR) is 94.1 cm³/mol. The fourth-order valence-corrected chi connectivity index (χ4v) is 2.51. The normalized spacial score (nSPS) is 10.5. The number of benzene rings is 2. The van der Waals surface area contributed by atoms with E-state index in [1.54, 1.807) is 29.0 Å². The van der Waals surface area contributed by atoms with Crippen molar-refractivity contribution in [1.29, 1.82) is 0 Å². The monoisotopic (exact) mass is 336 g/mol. The highest BCUT2D eigenvalue weighted by Gasteiger charge is 2.20. The molecule has 0 saturated carbocycles. The Labute approximate surface area is 144 Å². The van der Waals surface area contributed by atoms with Gasteiger partial charge in [0.05, 0.1) is 11.4 Å². The quantitative estimate of drug-likeness (QED) is 0.569. The van der Waals surface area contributed by atoms with Crippen LogP contribution < -0.4 is 5.32 Å². The van der Waals surface area contributed by atoms with Crippen LogP contribution in [-0.2, 0) is 11.3 Å². The number of halogens is 1. The highest BCUT2D eigenvalue weighted by Crippen LogP contribution is 2.14. The smallest absolute Gasteiger partial charge is 0.298 e. The van der Waals surface area contributed by atoms with Crippen LogP contribution in [0.4, 0.5) is 10.1 Å². The van der Waals surface area contributed by atoms with Crippen molar-refractivity contribution in [3.63, 3.8) is 0 Å². The lowest BCUT2D eigenvalue weighted by atomic mass is 10.1. The van der Waals surface area contributed by atoms with Crippen molar-refractivity contribution in [3.8, 4) is 0 Å². The molecular weight excluding hydrogens is 319 g/mol. The molecule has 0 fully saturated rings. The molecule has 1 N–H and O–H groups in total. The summed E-state index contributed by atoms with van der Waals surface area (Å²) < 4.78 is 15.3. The van der Waals surface area contributed by atoms with Gasteiger partial charge in [-0.1, -0.05) is 42.0 Å². The Morgan fingerprint density at radius 2 is 1.72 bits per heavy atom. The van der Waals surface area contributed by atoms with Crippen LogP contribution in [0.1, 0.15) is 21.6 Å². The molecule has 1 aromatic heterocycles. The van der Waals surface area contributed by atoms with Crippen molar-refractivity contribution in [2.75, 3.05) is 5.32 Å². The standard InChI is InChI=1S/C20H17FN2O2/c1-14-8-10-15(11-9-14)13-23-12-4-7-18(23)19(24)20(25)22-17-6-3-2-5-16(17)21/h2-12H,13H2,1H3,(H,22,25). The molecule has 2 aromatic carbocycles. The van der Waals surface area contributed by atoms with Crippen molar-refractivity contribution in [2.45, 2.75) is 13.5 Å². The molecule has 25 heavy (non-hydrogen) atoms. The van der Waals surface area contributed by atoms with Gasteiger partial charge in [-0.05, 0) is 36.8 Å². The second kappa shape index (κ2) is 7.13. The number of Topliss-reactive ketones (excluding diaryl/α,β-unsaturated/α-hetero) is 1. The first-order chi connectivity index (χ1) is 12.0. The summed E-state index contributed by atoms with van der Waals surface area (Å²) in [5.41, 5.74) is 2.41. The number of hydrogen-bond donors (Lipinski definition) is 1. The number of carbonyl (C=O) groups is 2. The summed E-state index contributed by atoms with van der Waals surface area (Å²) in [5.74, 6) is -2.16. The summed E-state index contributed by atoms with van der Waals surface area (Å²) in [7, 11) is 0. The van der Waals surface area contributed by atoms with E-state index >= 15 is 0 Å². The summed E-state index contributed by atoms with van der Waals surface area (Å²) in [5, 5.41) is 2.32. The number of para-hydroxylation sites is 1. The maximum Gasteiger partial charge on any atom is 0.298 e. The van der Waals surface area contributed by atoms with E-state index in [1.807, 2.05) is 31.2 Å². The molecule has 0 aliphatic carbocycles. The van der Waals surface area contributed by atoms with Crippen LogP contribution in [-0.4, -0.2) is 16.3 Å². The van der Waals surface area contributed by atoms with E-state index in [0.29, 0.717) is 6.54 Å². The van der Waals surface area contributed by atoms with Gasteiger partial charge < -0.3 is 9.88 Å². The number of rotatable bonds is 5. The third kappa shape index (κ3) is 3.83. The number of aryl methyl sites for hydroxylation is 1. The van der Waals surface area contributed by atoms with Crippen LogP contribution in [0.15, 0.2) is 66.9 Å². The van der Waals surface area contributed by atoms with Crippen molar-refractivity contribution in [1.82, 2.24) is 4.57 Å². The van der Waals surface area contributed by atoms with Crippen LogP contribution in [0.2, 0.25) is 0 Å². The van der Waals surface area contributed by atoms with Crippen LogP contribution >= 0.6 is 0 Å². The highest BCUT2D eigenvalue weighted by atomic mass is 19.1. The average Bonchev–Trinajstić information content (AvgIpc) is 3.06. The van der Waals surface area contributed by atoms with Crippen molar-refractivity contribution in [2.24, 2.45) is 0 Å². The molecule has 3 aromatic rings. The lowest BCUT2D eigenvalue weighted by molar-refractivity contribution is -0.112. The minimum atomic E-state index is -0.867. The van der Waals surface area contributed by atoms with Crippen molar-refractivity contribution < 1.29 is 14.0 Å². The van der Waals surface area contributed by atoms with Crippen molar-refractivity contribution in [3.05, 3.63) is 89.5 Å². The summed E-state index contributed by atoms with van der Waals surface area (Å²) in [4.78, 5) is 24.6. The summed E-state index contributed by atoms with van der Waals surface area (Å²) in [6, 6.07) is 17.0. The van der Waals surface area contributed by atoms with Crippen LogP contribution in [0.25, 0.3) is 0 Å². The Morgan fingerprint density at radius 1 is 1.00 bits per heavy atom. The van der Waals surface area contributed by atoms with Crippen molar-refractivity contribution >= 4 is 17.4 Å². The summed E-state index contributed by atoms with van der Waals surface area (Å²) >= 11 is 0. The number of nitrogens with zero attached hydrogens (tertiary/aromatic N) is 1. The molecule has 0 atom stereocenters. The summed E-state index contributed by atoms with van der Waals surface area (Å²) in [6.45, 7) is 2.47. The predicted octanol–water partition coefficient (Wildman–Crippen LogP) is 3.81. The molecule has 0 unspecified atom stereocenters. The molecule has 3 rings (SSSR count). The Bertz CT molecular complexity index is 913. The van der Waals surface area contributed by atoms with Gasteiger partial charge in [-0.3, -0.25) is 9.59 Å². The van der Waals surface area contributed by atoms with Gasteiger partial charge in [0, 0.05) is 12.7 Å². The Balaban J connectivity index is 1.77. The molecule has 0 bridgehead atoms. The van der Waals surface area contributed by atoms with Crippen LogP contribution in [0.3, 0.4) is 0 Å². The van der Waals surface area contributed by atoms with Crippen LogP contribution in [0.5, 0.6) is 0 Å². The Hall–Kier alpha value is -3.21. The largest absolute Gasteiger partial charge is 0.340 e. The zero-order valence-corrected chi connectivity index (χ0v) is 13.7. The first kappa shape index (κ1) is 16.6. The number of nitrogens with one attached hydrogen (secondary N) is 1. The van der Waals surface area contributed by atoms with Gasteiger partial charge >= 0.3 is 0 Å². The Morgan fingerprint density at radius 3 is 2.44 bits per heavy atom. The SMILES string of the molecule is Cc1ccc(Cn2cccc2C(=O)C(=O)Nc2ccccc2F)cc1. The number of ketones is 1. The molecule has 0 aliphatic rings. The zero-order chi connectivity index (χ0) is 17.8. The average molecular weight is 336 g/mol. The van der Waals surface area contributed by atoms with Gasteiger partial charge in [0.1, 0.15) is 5.82 Å². The first-order valence-electron chi connectivity index (χ1n) is 7.85. The molecule has 0 saturated heterocycles. The maximum absolute atomic E-state index is 13.6.